The van der Waals surface area contributed by atoms with Crippen molar-refractivity contribution in [2.24, 2.45) is 0 Å². The number of benzene rings is 3. The Morgan fingerprint density at radius 3 is 2.46 bits per heavy atom. The first-order valence-electron chi connectivity index (χ1n) is 8.78. The van der Waals surface area contributed by atoms with Crippen LogP contribution in [0.2, 0.25) is 5.02 Å². The topological polar surface area (TPSA) is 58.6 Å². The number of halogens is 1. The van der Waals surface area contributed by atoms with E-state index in [4.69, 9.17) is 16.3 Å². The summed E-state index contributed by atoms with van der Waals surface area (Å²) >= 11 is 5.86. The molecule has 140 valence electrons. The molecular formula is C22H17ClN2O3. The summed E-state index contributed by atoms with van der Waals surface area (Å²) in [5.41, 5.74) is 2.78. The molecule has 0 fully saturated rings. The molecule has 1 aliphatic rings. The maximum Gasteiger partial charge on any atom is 0.258 e. The van der Waals surface area contributed by atoms with Gasteiger partial charge >= 0.3 is 0 Å². The normalized spacial score (nSPS) is 12.9. The first kappa shape index (κ1) is 18.1. The van der Waals surface area contributed by atoms with Gasteiger partial charge in [-0.3, -0.25) is 14.5 Å². The molecule has 0 atom stereocenters. The van der Waals surface area contributed by atoms with Gasteiger partial charge in [-0.2, -0.15) is 0 Å². The standard InChI is InChI=1S/C22H17ClN2O3/c23-17-9-11-18(12-10-17)28-14-15-5-7-16(8-6-15)22(27)25-13-21(26)24-19-3-1-2-4-20(19)25/h1-12H,13-14H2,(H,24,26). The fourth-order valence-electron chi connectivity index (χ4n) is 3.01. The molecule has 0 unspecified atom stereocenters. The van der Waals surface area contributed by atoms with Gasteiger partial charge in [-0.05, 0) is 54.1 Å². The minimum atomic E-state index is -0.215. The summed E-state index contributed by atoms with van der Waals surface area (Å²) < 4.78 is 5.72. The number of rotatable bonds is 4. The Bertz CT molecular complexity index is 1020. The zero-order chi connectivity index (χ0) is 19.5. The number of carbonyl (C=O) groups is 2. The van der Waals surface area contributed by atoms with Crippen LogP contribution >= 0.6 is 11.6 Å². The molecule has 0 aliphatic carbocycles. The fraction of sp³-hybridized carbons (Fsp3) is 0.0909. The van der Waals surface area contributed by atoms with Gasteiger partial charge in [-0.15, -0.1) is 0 Å². The molecule has 0 spiro atoms. The van der Waals surface area contributed by atoms with Crippen LogP contribution < -0.4 is 15.0 Å². The molecule has 2 amide bonds. The van der Waals surface area contributed by atoms with E-state index in [0.717, 1.165) is 11.3 Å². The molecule has 6 heteroatoms. The summed E-state index contributed by atoms with van der Waals surface area (Å²) in [6, 6.07) is 21.6. The molecule has 4 rings (SSSR count). The largest absolute Gasteiger partial charge is 0.489 e. The molecule has 1 N–H and O–H groups in total. The monoisotopic (exact) mass is 392 g/mol. The summed E-state index contributed by atoms with van der Waals surface area (Å²) in [5.74, 6) is 0.299. The predicted molar refractivity (Wildman–Crippen MR) is 109 cm³/mol. The smallest absolute Gasteiger partial charge is 0.258 e. The number of amides is 2. The molecule has 5 nitrogen and oxygen atoms in total. The first-order chi connectivity index (χ1) is 13.6. The lowest BCUT2D eigenvalue weighted by Crippen LogP contribution is -2.42. The number of nitrogens with one attached hydrogen (secondary N) is 1. The Labute approximate surface area is 167 Å². The first-order valence-corrected chi connectivity index (χ1v) is 9.16. The van der Waals surface area contributed by atoms with Crippen molar-refractivity contribution >= 4 is 34.8 Å². The average Bonchev–Trinajstić information content (AvgIpc) is 2.72. The summed E-state index contributed by atoms with van der Waals surface area (Å²) in [5, 5.41) is 3.44. The highest BCUT2D eigenvalue weighted by Crippen LogP contribution is 2.30. The molecule has 0 aromatic heterocycles. The van der Waals surface area contributed by atoms with Crippen molar-refractivity contribution in [1.82, 2.24) is 0 Å². The van der Waals surface area contributed by atoms with Gasteiger partial charge in [-0.25, -0.2) is 0 Å². The van der Waals surface area contributed by atoms with Gasteiger partial charge in [-0.1, -0.05) is 35.9 Å². The van der Waals surface area contributed by atoms with E-state index in [1.165, 1.54) is 4.90 Å². The van der Waals surface area contributed by atoms with E-state index in [2.05, 4.69) is 5.32 Å². The summed E-state index contributed by atoms with van der Waals surface area (Å²) in [6.45, 7) is 0.377. The fourth-order valence-corrected chi connectivity index (χ4v) is 3.14. The zero-order valence-electron chi connectivity index (χ0n) is 14.9. The lowest BCUT2D eigenvalue weighted by Gasteiger charge is -2.29. The van der Waals surface area contributed by atoms with E-state index < -0.39 is 0 Å². The van der Waals surface area contributed by atoms with Gasteiger partial charge < -0.3 is 10.1 Å². The third-order valence-electron chi connectivity index (χ3n) is 4.44. The summed E-state index contributed by atoms with van der Waals surface area (Å²) in [7, 11) is 0. The van der Waals surface area contributed by atoms with E-state index in [1.807, 2.05) is 30.3 Å². The van der Waals surface area contributed by atoms with Crippen LogP contribution in [-0.2, 0) is 11.4 Å². The van der Waals surface area contributed by atoms with Crippen LogP contribution in [0.1, 0.15) is 15.9 Å². The minimum Gasteiger partial charge on any atom is -0.489 e. The van der Waals surface area contributed by atoms with Gasteiger partial charge in [0.25, 0.3) is 5.91 Å². The molecule has 3 aromatic carbocycles. The summed E-state index contributed by atoms with van der Waals surface area (Å²) in [6.07, 6.45) is 0. The van der Waals surface area contributed by atoms with Crippen LogP contribution in [0.5, 0.6) is 5.75 Å². The van der Waals surface area contributed by atoms with E-state index in [0.29, 0.717) is 28.6 Å². The van der Waals surface area contributed by atoms with Crippen LogP contribution in [0, 0.1) is 0 Å². The van der Waals surface area contributed by atoms with Gasteiger partial charge in [0.05, 0.1) is 11.4 Å². The molecule has 0 radical (unpaired) electrons. The van der Waals surface area contributed by atoms with Gasteiger partial charge in [0, 0.05) is 10.6 Å². The van der Waals surface area contributed by atoms with Crippen LogP contribution in [0.4, 0.5) is 11.4 Å². The molecular weight excluding hydrogens is 376 g/mol. The second kappa shape index (κ2) is 7.74. The number of hydrogen-bond donors (Lipinski definition) is 1. The molecule has 0 saturated carbocycles. The zero-order valence-corrected chi connectivity index (χ0v) is 15.6. The molecule has 0 bridgehead atoms. The number of ether oxygens (including phenoxy) is 1. The third-order valence-corrected chi connectivity index (χ3v) is 4.69. The van der Waals surface area contributed by atoms with Crippen molar-refractivity contribution in [3.63, 3.8) is 0 Å². The average molecular weight is 393 g/mol. The number of nitrogens with zero attached hydrogens (tertiary/aromatic N) is 1. The van der Waals surface area contributed by atoms with E-state index in [9.17, 15) is 9.59 Å². The van der Waals surface area contributed by atoms with Crippen LogP contribution in [-0.4, -0.2) is 18.4 Å². The number of para-hydroxylation sites is 2. The van der Waals surface area contributed by atoms with Gasteiger partial charge in [0.15, 0.2) is 0 Å². The van der Waals surface area contributed by atoms with Gasteiger partial charge in [0.2, 0.25) is 5.91 Å². The second-order valence-electron chi connectivity index (χ2n) is 6.40. The molecule has 28 heavy (non-hydrogen) atoms. The van der Waals surface area contributed by atoms with Crippen molar-refractivity contribution in [3.8, 4) is 5.75 Å². The molecule has 3 aromatic rings. The maximum atomic E-state index is 12.9. The van der Waals surface area contributed by atoms with Crippen molar-refractivity contribution in [1.29, 1.82) is 0 Å². The molecule has 1 heterocycles. The van der Waals surface area contributed by atoms with Crippen molar-refractivity contribution in [2.75, 3.05) is 16.8 Å². The number of anilines is 2. The molecule has 1 aliphatic heterocycles. The number of fused-ring (bicyclic) bond motifs is 1. The van der Waals surface area contributed by atoms with Crippen LogP contribution in [0.25, 0.3) is 0 Å². The highest BCUT2D eigenvalue weighted by Gasteiger charge is 2.27. The van der Waals surface area contributed by atoms with Crippen molar-refractivity contribution < 1.29 is 14.3 Å². The van der Waals surface area contributed by atoms with Crippen LogP contribution in [0.3, 0.4) is 0 Å². The maximum absolute atomic E-state index is 12.9. The summed E-state index contributed by atoms with van der Waals surface area (Å²) in [4.78, 5) is 26.4. The van der Waals surface area contributed by atoms with Crippen molar-refractivity contribution in [2.45, 2.75) is 6.61 Å². The van der Waals surface area contributed by atoms with E-state index in [-0.39, 0.29) is 18.4 Å². The predicted octanol–water partition coefficient (Wildman–Crippen LogP) is 4.52. The lowest BCUT2D eigenvalue weighted by molar-refractivity contribution is -0.115. The van der Waals surface area contributed by atoms with Gasteiger partial charge in [0.1, 0.15) is 18.9 Å². The van der Waals surface area contributed by atoms with E-state index in [1.54, 1.807) is 42.5 Å². The third kappa shape index (κ3) is 3.85. The highest BCUT2D eigenvalue weighted by atomic mass is 35.5. The lowest BCUT2D eigenvalue weighted by atomic mass is 10.1. The number of hydrogen-bond acceptors (Lipinski definition) is 3. The Morgan fingerprint density at radius 1 is 1.00 bits per heavy atom. The Morgan fingerprint density at radius 2 is 1.71 bits per heavy atom. The van der Waals surface area contributed by atoms with Crippen molar-refractivity contribution in [3.05, 3.63) is 88.9 Å². The highest BCUT2D eigenvalue weighted by molar-refractivity contribution is 6.30. The Balaban J connectivity index is 1.47. The minimum absolute atomic E-state index is 0.00270. The SMILES string of the molecule is O=C1CN(C(=O)c2ccc(COc3ccc(Cl)cc3)cc2)c2ccccc2N1. The van der Waals surface area contributed by atoms with E-state index >= 15 is 0 Å². The van der Waals surface area contributed by atoms with Crippen LogP contribution in [0.15, 0.2) is 72.8 Å². The Kier molecular flexibility index (Phi) is 5.00. The number of carbonyl (C=O) groups excluding carboxylic acids is 2. The Hall–Kier alpha value is -3.31. The second-order valence-corrected chi connectivity index (χ2v) is 6.83. The molecule has 0 saturated heterocycles. The quantitative estimate of drug-likeness (QED) is 0.710.